The Hall–Kier alpha value is -3.09. The Morgan fingerprint density at radius 2 is 1.96 bits per heavy atom. The van der Waals surface area contributed by atoms with Crippen molar-refractivity contribution in [2.45, 2.75) is 20.0 Å². The lowest BCUT2D eigenvalue weighted by molar-refractivity contribution is 0.0272. The Morgan fingerprint density at radius 1 is 1.17 bits per heavy atom. The van der Waals surface area contributed by atoms with E-state index in [0.717, 1.165) is 11.1 Å². The quantitative estimate of drug-likeness (QED) is 0.684. The molecule has 1 atom stereocenters. The Kier molecular flexibility index (Phi) is 4.09. The highest BCUT2D eigenvalue weighted by atomic mass is 16.6. The largest absolute Gasteiger partial charge is 0.448 e. The smallest absolute Gasteiger partial charge is 0.359 e. The van der Waals surface area contributed by atoms with Crippen molar-refractivity contribution in [3.05, 3.63) is 60.0 Å². The fourth-order valence-electron chi connectivity index (χ4n) is 1.89. The van der Waals surface area contributed by atoms with E-state index < -0.39 is 12.1 Å². The molecule has 0 radical (unpaired) electrons. The molecule has 3 rings (SSSR count). The number of aryl methyl sites for hydroxylation is 1. The van der Waals surface area contributed by atoms with Crippen molar-refractivity contribution in [1.82, 2.24) is 20.2 Å². The van der Waals surface area contributed by atoms with Crippen LogP contribution in [0, 0.1) is 6.92 Å². The van der Waals surface area contributed by atoms with E-state index in [-0.39, 0.29) is 11.6 Å². The molecule has 7 nitrogen and oxygen atoms in total. The number of carbonyl (C=O) groups excluding carboxylic acids is 1. The molecule has 0 aliphatic rings. The Balaban J connectivity index is 1.72. The highest BCUT2D eigenvalue weighted by Crippen LogP contribution is 2.23. The second-order valence-electron chi connectivity index (χ2n) is 4.95. The van der Waals surface area contributed by atoms with Gasteiger partial charge in [-0.15, -0.1) is 10.2 Å². The van der Waals surface area contributed by atoms with Crippen LogP contribution in [0.15, 0.2) is 47.3 Å². The van der Waals surface area contributed by atoms with Crippen LogP contribution in [0.5, 0.6) is 0 Å². The molecule has 0 saturated heterocycles. The zero-order chi connectivity index (χ0) is 16.2. The molecule has 2 aromatic heterocycles. The predicted octanol–water partition coefficient (Wildman–Crippen LogP) is 2.75. The first-order valence-corrected chi connectivity index (χ1v) is 7.01. The van der Waals surface area contributed by atoms with Crippen molar-refractivity contribution in [2.24, 2.45) is 0 Å². The molecule has 0 aliphatic heterocycles. The van der Waals surface area contributed by atoms with Gasteiger partial charge in [-0.05, 0) is 26.0 Å². The second-order valence-corrected chi connectivity index (χ2v) is 4.95. The highest BCUT2D eigenvalue weighted by molar-refractivity contribution is 5.86. The summed E-state index contributed by atoms with van der Waals surface area (Å²) >= 11 is 0. The highest BCUT2D eigenvalue weighted by Gasteiger charge is 2.20. The fourth-order valence-corrected chi connectivity index (χ4v) is 1.89. The van der Waals surface area contributed by atoms with Gasteiger partial charge in [0.15, 0.2) is 11.8 Å². The van der Waals surface area contributed by atoms with E-state index in [4.69, 9.17) is 9.15 Å². The number of carbonyl (C=O) groups is 1. The van der Waals surface area contributed by atoms with Crippen LogP contribution in [0.25, 0.3) is 11.5 Å². The number of rotatable bonds is 4. The van der Waals surface area contributed by atoms with Gasteiger partial charge >= 0.3 is 5.97 Å². The molecule has 0 spiro atoms. The summed E-state index contributed by atoms with van der Waals surface area (Å²) in [6, 6.07) is 7.69. The van der Waals surface area contributed by atoms with Gasteiger partial charge in [0.2, 0.25) is 5.89 Å². The molecule has 2 heterocycles. The second kappa shape index (κ2) is 6.35. The third kappa shape index (κ3) is 3.39. The van der Waals surface area contributed by atoms with Gasteiger partial charge in [-0.2, -0.15) is 0 Å². The minimum Gasteiger partial charge on any atom is -0.448 e. The normalized spacial score (nSPS) is 11.9. The minimum atomic E-state index is -0.684. The summed E-state index contributed by atoms with van der Waals surface area (Å²) < 4.78 is 10.8. The molecule has 0 N–H and O–H groups in total. The third-order valence-electron chi connectivity index (χ3n) is 3.14. The standard InChI is InChI=1S/C16H14N4O3/c1-10-3-5-12(6-4-10)15-20-19-14(23-15)11(2)22-16(21)13-9-17-7-8-18-13/h3-9,11H,1-2H3/t11-/m1/s1. The van der Waals surface area contributed by atoms with Crippen molar-refractivity contribution in [2.75, 3.05) is 0 Å². The van der Waals surface area contributed by atoms with Crippen molar-refractivity contribution in [3.63, 3.8) is 0 Å². The summed E-state index contributed by atoms with van der Waals surface area (Å²) in [4.78, 5) is 19.6. The summed E-state index contributed by atoms with van der Waals surface area (Å²) in [7, 11) is 0. The summed E-state index contributed by atoms with van der Waals surface area (Å²) in [6.45, 7) is 3.65. The molecule has 116 valence electrons. The molecule has 0 fully saturated rings. The van der Waals surface area contributed by atoms with Crippen molar-refractivity contribution in [3.8, 4) is 11.5 Å². The van der Waals surface area contributed by atoms with Gasteiger partial charge in [-0.1, -0.05) is 17.7 Å². The van der Waals surface area contributed by atoms with Crippen LogP contribution >= 0.6 is 0 Å². The van der Waals surface area contributed by atoms with Gasteiger partial charge in [-0.3, -0.25) is 4.98 Å². The van der Waals surface area contributed by atoms with Crippen LogP contribution in [0.4, 0.5) is 0 Å². The molecule has 23 heavy (non-hydrogen) atoms. The van der Waals surface area contributed by atoms with Gasteiger partial charge in [0.1, 0.15) is 0 Å². The van der Waals surface area contributed by atoms with Crippen LogP contribution < -0.4 is 0 Å². The summed E-state index contributed by atoms with van der Waals surface area (Å²) in [5.41, 5.74) is 2.07. The first-order valence-electron chi connectivity index (χ1n) is 7.01. The first kappa shape index (κ1) is 14.8. The van der Waals surface area contributed by atoms with Gasteiger partial charge in [0, 0.05) is 18.0 Å². The van der Waals surface area contributed by atoms with Crippen LogP contribution in [0.1, 0.15) is 35.0 Å². The summed E-state index contributed by atoms with van der Waals surface area (Å²) in [6.07, 6.45) is 3.55. The lowest BCUT2D eigenvalue weighted by atomic mass is 10.1. The van der Waals surface area contributed by atoms with Crippen LogP contribution in [-0.2, 0) is 4.74 Å². The molecule has 0 unspecified atom stereocenters. The zero-order valence-corrected chi connectivity index (χ0v) is 12.6. The number of ether oxygens (including phenoxy) is 1. The van der Waals surface area contributed by atoms with Gasteiger partial charge in [0.25, 0.3) is 5.89 Å². The van der Waals surface area contributed by atoms with E-state index in [9.17, 15) is 4.79 Å². The van der Waals surface area contributed by atoms with Crippen LogP contribution in [-0.4, -0.2) is 26.1 Å². The van der Waals surface area contributed by atoms with E-state index in [1.165, 1.54) is 18.6 Å². The monoisotopic (exact) mass is 310 g/mol. The molecule has 0 amide bonds. The van der Waals surface area contributed by atoms with Gasteiger partial charge < -0.3 is 9.15 Å². The Labute approximate surface area is 132 Å². The van der Waals surface area contributed by atoms with E-state index in [1.54, 1.807) is 6.92 Å². The molecular weight excluding hydrogens is 296 g/mol. The molecule has 1 aromatic carbocycles. The number of hydrogen-bond acceptors (Lipinski definition) is 7. The average molecular weight is 310 g/mol. The molecule has 3 aromatic rings. The maximum atomic E-state index is 11.9. The van der Waals surface area contributed by atoms with E-state index >= 15 is 0 Å². The number of benzene rings is 1. The van der Waals surface area contributed by atoms with Crippen molar-refractivity contribution in [1.29, 1.82) is 0 Å². The average Bonchev–Trinajstić information content (AvgIpc) is 3.06. The van der Waals surface area contributed by atoms with E-state index in [0.29, 0.717) is 5.89 Å². The van der Waals surface area contributed by atoms with Gasteiger partial charge in [-0.25, -0.2) is 9.78 Å². The number of hydrogen-bond donors (Lipinski definition) is 0. The summed E-state index contributed by atoms with van der Waals surface area (Å²) in [5, 5.41) is 7.91. The van der Waals surface area contributed by atoms with Crippen molar-refractivity contribution < 1.29 is 13.9 Å². The predicted molar refractivity (Wildman–Crippen MR) is 80.3 cm³/mol. The molecule has 0 bridgehead atoms. The van der Waals surface area contributed by atoms with E-state index in [1.807, 2.05) is 31.2 Å². The van der Waals surface area contributed by atoms with Crippen LogP contribution in [0.2, 0.25) is 0 Å². The molecular formula is C16H14N4O3. The fraction of sp³-hybridized carbons (Fsp3) is 0.188. The topological polar surface area (TPSA) is 91.0 Å². The lowest BCUT2D eigenvalue weighted by Crippen LogP contribution is -2.11. The number of aromatic nitrogens is 4. The van der Waals surface area contributed by atoms with E-state index in [2.05, 4.69) is 20.2 Å². The Morgan fingerprint density at radius 3 is 2.65 bits per heavy atom. The van der Waals surface area contributed by atoms with Crippen LogP contribution in [0.3, 0.4) is 0 Å². The SMILES string of the molecule is Cc1ccc(-c2nnc([C@@H](C)OC(=O)c3cnccn3)o2)cc1. The molecule has 0 saturated carbocycles. The summed E-state index contributed by atoms with van der Waals surface area (Å²) in [5.74, 6) is 0.000836. The van der Waals surface area contributed by atoms with Gasteiger partial charge in [0.05, 0.1) is 6.20 Å². The maximum Gasteiger partial charge on any atom is 0.359 e. The minimum absolute atomic E-state index is 0.123. The maximum absolute atomic E-state index is 11.9. The first-order chi connectivity index (χ1) is 11.1. The zero-order valence-electron chi connectivity index (χ0n) is 12.6. The third-order valence-corrected chi connectivity index (χ3v) is 3.14. The molecule has 7 heteroatoms. The van der Waals surface area contributed by atoms with Crippen molar-refractivity contribution >= 4 is 5.97 Å². The number of nitrogens with zero attached hydrogens (tertiary/aromatic N) is 4. The molecule has 0 aliphatic carbocycles. The Bertz CT molecular complexity index is 800. The lowest BCUT2D eigenvalue weighted by Gasteiger charge is -2.08. The number of esters is 1.